The Morgan fingerprint density at radius 3 is 2.16 bits per heavy atom. The maximum Gasteiger partial charge on any atom is 0.326 e. The molecule has 1 fully saturated rings. The maximum absolute atomic E-state index is 13.1. The summed E-state index contributed by atoms with van der Waals surface area (Å²) >= 11 is 0. The van der Waals surface area contributed by atoms with E-state index in [1.165, 1.54) is 4.90 Å². The molecule has 0 saturated carbocycles. The lowest BCUT2D eigenvalue weighted by molar-refractivity contribution is -0.150. The summed E-state index contributed by atoms with van der Waals surface area (Å²) in [5.74, 6) is -2.45. The van der Waals surface area contributed by atoms with Gasteiger partial charge in [-0.15, -0.1) is 0 Å². The first-order chi connectivity index (χ1) is 14.4. The third kappa shape index (κ3) is 7.48. The number of aliphatic carboxylic acids is 1. The Kier molecular flexibility index (Phi) is 10.4. The van der Waals surface area contributed by atoms with Crippen LogP contribution in [0.2, 0.25) is 0 Å². The molecule has 1 saturated heterocycles. The van der Waals surface area contributed by atoms with Gasteiger partial charge in [0.2, 0.25) is 17.7 Å². The van der Waals surface area contributed by atoms with Crippen LogP contribution >= 0.6 is 0 Å². The van der Waals surface area contributed by atoms with Gasteiger partial charge < -0.3 is 26.4 Å². The van der Waals surface area contributed by atoms with Crippen LogP contribution in [-0.4, -0.2) is 64.4 Å². The van der Waals surface area contributed by atoms with E-state index >= 15 is 0 Å². The standard InChI is InChI=1S/C22H40N4O5/c1-7-14(6)17(23)20(28)24-15(11-12(2)3)19(27)25-18(13(4)5)21(29)26-10-8-9-16(26)22(30)31/h12-18H,7-11,23H2,1-6H3,(H,24,28)(H,25,27)(H,30,31). The Hall–Kier alpha value is -2.16. The quantitative estimate of drug-likeness (QED) is 0.379. The third-order valence-corrected chi connectivity index (χ3v) is 5.95. The second-order valence-electron chi connectivity index (χ2n) is 9.36. The molecule has 1 rings (SSSR count). The van der Waals surface area contributed by atoms with Crippen LogP contribution in [-0.2, 0) is 19.2 Å². The van der Waals surface area contributed by atoms with E-state index < -0.39 is 47.9 Å². The molecule has 0 spiro atoms. The monoisotopic (exact) mass is 440 g/mol. The average Bonchev–Trinajstić information content (AvgIpc) is 3.19. The summed E-state index contributed by atoms with van der Waals surface area (Å²) in [5.41, 5.74) is 6.01. The number of nitrogens with zero attached hydrogens (tertiary/aromatic N) is 1. The van der Waals surface area contributed by atoms with Crippen LogP contribution in [0.3, 0.4) is 0 Å². The average molecular weight is 441 g/mol. The van der Waals surface area contributed by atoms with Crippen molar-refractivity contribution in [2.24, 2.45) is 23.5 Å². The van der Waals surface area contributed by atoms with Gasteiger partial charge in [-0.1, -0.05) is 48.0 Å². The van der Waals surface area contributed by atoms with Crippen LogP contribution in [0.15, 0.2) is 0 Å². The molecule has 3 amide bonds. The number of nitrogens with one attached hydrogen (secondary N) is 2. The normalized spacial score (nSPS) is 20.3. The minimum Gasteiger partial charge on any atom is -0.480 e. The van der Waals surface area contributed by atoms with E-state index in [0.29, 0.717) is 25.8 Å². The summed E-state index contributed by atoms with van der Waals surface area (Å²) in [4.78, 5) is 51.5. The van der Waals surface area contributed by atoms with E-state index in [1.807, 2.05) is 27.7 Å². The van der Waals surface area contributed by atoms with Crippen molar-refractivity contribution < 1.29 is 24.3 Å². The molecule has 5 unspecified atom stereocenters. The van der Waals surface area contributed by atoms with Crippen LogP contribution < -0.4 is 16.4 Å². The molecule has 31 heavy (non-hydrogen) atoms. The summed E-state index contributed by atoms with van der Waals surface area (Å²) in [6, 6.07) is -3.30. The van der Waals surface area contributed by atoms with Crippen LogP contribution in [0, 0.1) is 17.8 Å². The molecule has 1 heterocycles. The zero-order valence-corrected chi connectivity index (χ0v) is 19.7. The number of hydrogen-bond acceptors (Lipinski definition) is 5. The topological polar surface area (TPSA) is 142 Å². The smallest absolute Gasteiger partial charge is 0.326 e. The molecular weight excluding hydrogens is 400 g/mol. The Morgan fingerprint density at radius 2 is 1.68 bits per heavy atom. The molecule has 9 nitrogen and oxygen atoms in total. The predicted octanol–water partition coefficient (Wildman–Crippen LogP) is 1.11. The molecule has 5 atom stereocenters. The van der Waals surface area contributed by atoms with Crippen molar-refractivity contribution in [3.05, 3.63) is 0 Å². The van der Waals surface area contributed by atoms with Gasteiger partial charge in [-0.3, -0.25) is 14.4 Å². The van der Waals surface area contributed by atoms with E-state index in [9.17, 15) is 24.3 Å². The minimum atomic E-state index is -1.04. The van der Waals surface area contributed by atoms with Gasteiger partial charge >= 0.3 is 5.97 Å². The Bertz CT molecular complexity index is 652. The SMILES string of the molecule is CCC(C)C(N)C(=O)NC(CC(C)C)C(=O)NC(C(=O)N1CCCC1C(=O)O)C(C)C. The van der Waals surface area contributed by atoms with Crippen LogP contribution in [0.1, 0.15) is 67.2 Å². The number of carbonyl (C=O) groups excluding carboxylic acids is 3. The van der Waals surface area contributed by atoms with Crippen molar-refractivity contribution >= 4 is 23.7 Å². The molecule has 9 heteroatoms. The lowest BCUT2D eigenvalue weighted by Crippen LogP contribution is -2.59. The van der Waals surface area contributed by atoms with E-state index in [-0.39, 0.29) is 17.8 Å². The molecule has 0 bridgehead atoms. The fraction of sp³-hybridized carbons (Fsp3) is 0.818. The highest BCUT2D eigenvalue weighted by atomic mass is 16.4. The first kappa shape index (κ1) is 26.9. The Morgan fingerprint density at radius 1 is 1.06 bits per heavy atom. The second kappa shape index (κ2) is 12.0. The van der Waals surface area contributed by atoms with Gasteiger partial charge in [0.15, 0.2) is 0 Å². The summed E-state index contributed by atoms with van der Waals surface area (Å²) in [6.45, 7) is 11.6. The lowest BCUT2D eigenvalue weighted by atomic mass is 9.97. The van der Waals surface area contributed by atoms with Crippen molar-refractivity contribution in [2.75, 3.05) is 6.54 Å². The van der Waals surface area contributed by atoms with Crippen molar-refractivity contribution in [3.63, 3.8) is 0 Å². The van der Waals surface area contributed by atoms with Crippen molar-refractivity contribution in [1.29, 1.82) is 0 Å². The number of rotatable bonds is 11. The Balaban J connectivity index is 2.97. The van der Waals surface area contributed by atoms with E-state index in [0.717, 1.165) is 6.42 Å². The predicted molar refractivity (Wildman–Crippen MR) is 118 cm³/mol. The van der Waals surface area contributed by atoms with Crippen LogP contribution in [0.4, 0.5) is 0 Å². The summed E-state index contributed by atoms with van der Waals surface area (Å²) in [5, 5.41) is 14.9. The molecule has 0 radical (unpaired) electrons. The molecule has 5 N–H and O–H groups in total. The number of carboxylic acids is 1. The van der Waals surface area contributed by atoms with E-state index in [4.69, 9.17) is 5.73 Å². The van der Waals surface area contributed by atoms with Crippen LogP contribution in [0.5, 0.6) is 0 Å². The molecule has 0 aromatic carbocycles. The number of amides is 3. The number of nitrogens with two attached hydrogens (primary N) is 1. The van der Waals surface area contributed by atoms with Gasteiger partial charge in [0, 0.05) is 6.54 Å². The van der Waals surface area contributed by atoms with Gasteiger partial charge in [-0.25, -0.2) is 4.79 Å². The third-order valence-electron chi connectivity index (χ3n) is 5.95. The first-order valence-corrected chi connectivity index (χ1v) is 11.3. The summed E-state index contributed by atoms with van der Waals surface area (Å²) in [7, 11) is 0. The maximum atomic E-state index is 13.1. The highest BCUT2D eigenvalue weighted by Crippen LogP contribution is 2.20. The van der Waals surface area contributed by atoms with Crippen molar-refractivity contribution in [2.45, 2.75) is 91.4 Å². The zero-order chi connectivity index (χ0) is 23.9. The lowest BCUT2D eigenvalue weighted by Gasteiger charge is -2.31. The first-order valence-electron chi connectivity index (χ1n) is 11.3. The van der Waals surface area contributed by atoms with Crippen LogP contribution in [0.25, 0.3) is 0 Å². The molecule has 0 aromatic rings. The van der Waals surface area contributed by atoms with E-state index in [2.05, 4.69) is 10.6 Å². The number of hydrogen-bond donors (Lipinski definition) is 4. The van der Waals surface area contributed by atoms with Gasteiger partial charge in [0.05, 0.1) is 6.04 Å². The summed E-state index contributed by atoms with van der Waals surface area (Å²) < 4.78 is 0. The summed E-state index contributed by atoms with van der Waals surface area (Å²) in [6.07, 6.45) is 2.14. The number of likely N-dealkylation sites (tertiary alicyclic amines) is 1. The van der Waals surface area contributed by atoms with Gasteiger partial charge in [-0.2, -0.15) is 0 Å². The fourth-order valence-corrected chi connectivity index (χ4v) is 3.72. The van der Waals surface area contributed by atoms with E-state index in [1.54, 1.807) is 13.8 Å². The molecule has 0 aromatic heterocycles. The molecule has 1 aliphatic rings. The molecular formula is C22H40N4O5. The number of carboxylic acid groups (broad SMARTS) is 1. The molecule has 1 aliphatic heterocycles. The molecule has 178 valence electrons. The van der Waals surface area contributed by atoms with Gasteiger partial charge in [-0.05, 0) is 37.0 Å². The zero-order valence-electron chi connectivity index (χ0n) is 19.7. The highest BCUT2D eigenvalue weighted by Gasteiger charge is 2.39. The fourth-order valence-electron chi connectivity index (χ4n) is 3.72. The van der Waals surface area contributed by atoms with Crippen molar-refractivity contribution in [3.8, 4) is 0 Å². The largest absolute Gasteiger partial charge is 0.480 e. The van der Waals surface area contributed by atoms with Gasteiger partial charge in [0.25, 0.3) is 0 Å². The second-order valence-corrected chi connectivity index (χ2v) is 9.36. The molecule has 0 aliphatic carbocycles. The minimum absolute atomic E-state index is 0.0316. The highest BCUT2D eigenvalue weighted by molar-refractivity contribution is 5.94. The number of carbonyl (C=O) groups is 4. The van der Waals surface area contributed by atoms with Crippen molar-refractivity contribution in [1.82, 2.24) is 15.5 Å². The Labute approximate surface area is 185 Å². The van der Waals surface area contributed by atoms with Gasteiger partial charge in [0.1, 0.15) is 18.1 Å².